The molecule has 2 rings (SSSR count). The average molecular weight is 249 g/mol. The van der Waals surface area contributed by atoms with Crippen molar-refractivity contribution >= 4 is 5.69 Å². The number of aryl methyl sites for hydroxylation is 1. The van der Waals surface area contributed by atoms with E-state index in [1.165, 1.54) is 28.9 Å². The van der Waals surface area contributed by atoms with Gasteiger partial charge in [0, 0.05) is 18.7 Å². The molecule has 0 saturated carbocycles. The maximum Gasteiger partial charge on any atom is 0.368 e. The summed E-state index contributed by atoms with van der Waals surface area (Å²) in [5.41, 5.74) is 0.0615. The van der Waals surface area contributed by atoms with Gasteiger partial charge < -0.3 is 0 Å². The number of aromatic nitrogens is 4. The van der Waals surface area contributed by atoms with Crippen LogP contribution in [0.1, 0.15) is 13.3 Å². The van der Waals surface area contributed by atoms with Gasteiger partial charge in [-0.1, -0.05) is 6.92 Å². The van der Waals surface area contributed by atoms with E-state index in [-0.39, 0.29) is 11.4 Å². The van der Waals surface area contributed by atoms with Gasteiger partial charge in [-0.3, -0.25) is 10.1 Å². The van der Waals surface area contributed by atoms with E-state index in [2.05, 4.69) is 10.4 Å². The lowest BCUT2D eigenvalue weighted by Crippen LogP contribution is -2.24. The van der Waals surface area contributed by atoms with E-state index in [0.29, 0.717) is 12.2 Å². The van der Waals surface area contributed by atoms with Crippen LogP contribution in [0.4, 0.5) is 5.69 Å². The predicted octanol–water partition coefficient (Wildman–Crippen LogP) is 0.747. The molecule has 0 N–H and O–H groups in total. The molecule has 18 heavy (non-hydrogen) atoms. The molecule has 0 bridgehead atoms. The number of hydrogen-bond acceptors (Lipinski definition) is 5. The standard InChI is InChI=1S/C10H11N5O3/c1-2-7-13-10(16)14(12-11-13)8-3-5-9(6-4-8)15(17)18/h3-6H,2,7H2,1H3. The number of tetrazole rings is 1. The highest BCUT2D eigenvalue weighted by Crippen LogP contribution is 2.12. The predicted molar refractivity (Wildman–Crippen MR) is 62.6 cm³/mol. The molecule has 1 heterocycles. The Morgan fingerprint density at radius 1 is 1.28 bits per heavy atom. The van der Waals surface area contributed by atoms with Crippen LogP contribution in [0.5, 0.6) is 0 Å². The molecule has 2 aromatic rings. The summed E-state index contributed by atoms with van der Waals surface area (Å²) in [5, 5.41) is 18.0. The van der Waals surface area contributed by atoms with Crippen LogP contribution in [0, 0.1) is 10.1 Å². The van der Waals surface area contributed by atoms with E-state index in [4.69, 9.17) is 0 Å². The lowest BCUT2D eigenvalue weighted by atomic mass is 10.3. The molecule has 0 radical (unpaired) electrons. The van der Waals surface area contributed by atoms with Crippen LogP contribution in [-0.4, -0.2) is 24.7 Å². The van der Waals surface area contributed by atoms with Gasteiger partial charge >= 0.3 is 5.69 Å². The molecular weight excluding hydrogens is 238 g/mol. The zero-order valence-corrected chi connectivity index (χ0v) is 9.68. The smallest absolute Gasteiger partial charge is 0.258 e. The molecule has 94 valence electrons. The second-order valence-electron chi connectivity index (χ2n) is 3.67. The fourth-order valence-corrected chi connectivity index (χ4v) is 1.50. The van der Waals surface area contributed by atoms with Gasteiger partial charge in [-0.2, -0.15) is 9.36 Å². The third-order valence-electron chi connectivity index (χ3n) is 2.38. The Morgan fingerprint density at radius 2 is 1.94 bits per heavy atom. The van der Waals surface area contributed by atoms with Crippen LogP contribution >= 0.6 is 0 Å². The average Bonchev–Trinajstić information content (AvgIpc) is 2.72. The molecular formula is C10H11N5O3. The highest BCUT2D eigenvalue weighted by atomic mass is 16.6. The second-order valence-corrected chi connectivity index (χ2v) is 3.67. The normalized spacial score (nSPS) is 10.5. The van der Waals surface area contributed by atoms with Crippen LogP contribution in [0.3, 0.4) is 0 Å². The topological polar surface area (TPSA) is 95.8 Å². The first-order valence-corrected chi connectivity index (χ1v) is 5.41. The fourth-order valence-electron chi connectivity index (χ4n) is 1.50. The van der Waals surface area contributed by atoms with Crippen molar-refractivity contribution < 1.29 is 4.92 Å². The van der Waals surface area contributed by atoms with Gasteiger partial charge in [0.25, 0.3) is 5.69 Å². The van der Waals surface area contributed by atoms with E-state index in [9.17, 15) is 14.9 Å². The second kappa shape index (κ2) is 4.78. The van der Waals surface area contributed by atoms with Crippen molar-refractivity contribution in [2.24, 2.45) is 0 Å². The first-order valence-electron chi connectivity index (χ1n) is 5.41. The summed E-state index contributed by atoms with van der Waals surface area (Å²) >= 11 is 0. The number of non-ortho nitro benzene ring substituents is 1. The molecule has 0 atom stereocenters. The Morgan fingerprint density at radius 3 is 2.50 bits per heavy atom. The van der Waals surface area contributed by atoms with Crippen LogP contribution < -0.4 is 5.69 Å². The molecule has 0 saturated heterocycles. The number of nitrogens with zero attached hydrogens (tertiary/aromatic N) is 5. The number of nitro groups is 1. The Bertz CT molecular complexity index is 613. The Labute approximate surface area is 102 Å². The van der Waals surface area contributed by atoms with Crippen molar-refractivity contribution in [1.29, 1.82) is 0 Å². The summed E-state index contributed by atoms with van der Waals surface area (Å²) in [5.74, 6) is 0. The molecule has 0 spiro atoms. The van der Waals surface area contributed by atoms with Gasteiger partial charge in [0.05, 0.1) is 10.6 Å². The maximum atomic E-state index is 11.8. The third-order valence-corrected chi connectivity index (χ3v) is 2.38. The number of rotatable bonds is 4. The summed E-state index contributed by atoms with van der Waals surface area (Å²) < 4.78 is 2.36. The lowest BCUT2D eigenvalue weighted by Gasteiger charge is -1.97. The molecule has 8 heteroatoms. The largest absolute Gasteiger partial charge is 0.368 e. The molecule has 0 aliphatic carbocycles. The van der Waals surface area contributed by atoms with E-state index < -0.39 is 4.92 Å². The van der Waals surface area contributed by atoms with E-state index in [1.807, 2.05) is 6.92 Å². The summed E-state index contributed by atoms with van der Waals surface area (Å²) in [7, 11) is 0. The molecule has 1 aromatic carbocycles. The van der Waals surface area contributed by atoms with Gasteiger partial charge in [0.2, 0.25) is 0 Å². The van der Waals surface area contributed by atoms with Gasteiger partial charge in [-0.05, 0) is 29.0 Å². The van der Waals surface area contributed by atoms with Crippen molar-refractivity contribution in [1.82, 2.24) is 19.8 Å². The minimum atomic E-state index is -0.500. The summed E-state index contributed by atoms with van der Waals surface area (Å²) in [6.07, 6.45) is 0.777. The molecule has 0 fully saturated rings. The zero-order valence-electron chi connectivity index (χ0n) is 9.68. The summed E-state index contributed by atoms with van der Waals surface area (Å²) in [6, 6.07) is 5.57. The minimum absolute atomic E-state index is 0.0345. The molecule has 1 aromatic heterocycles. The lowest BCUT2D eigenvalue weighted by molar-refractivity contribution is -0.384. The summed E-state index contributed by atoms with van der Waals surface area (Å²) in [6.45, 7) is 2.42. The van der Waals surface area contributed by atoms with Crippen molar-refractivity contribution in [3.05, 3.63) is 44.9 Å². The Hall–Kier alpha value is -2.51. The Balaban J connectivity index is 2.37. The van der Waals surface area contributed by atoms with Crippen LogP contribution in [0.15, 0.2) is 29.1 Å². The highest BCUT2D eigenvalue weighted by Gasteiger charge is 2.10. The SMILES string of the molecule is CCCn1nnn(-c2ccc([N+](=O)[O-])cc2)c1=O. The first-order chi connectivity index (χ1) is 8.63. The maximum absolute atomic E-state index is 11.8. The fraction of sp³-hybridized carbons (Fsp3) is 0.300. The van der Waals surface area contributed by atoms with Crippen LogP contribution in [-0.2, 0) is 6.54 Å². The highest BCUT2D eigenvalue weighted by molar-refractivity contribution is 5.39. The van der Waals surface area contributed by atoms with Gasteiger partial charge in [0.1, 0.15) is 0 Å². The van der Waals surface area contributed by atoms with Crippen LogP contribution in [0.25, 0.3) is 5.69 Å². The minimum Gasteiger partial charge on any atom is -0.258 e. The van der Waals surface area contributed by atoms with Gasteiger partial charge in [-0.15, -0.1) is 0 Å². The molecule has 8 nitrogen and oxygen atoms in total. The van der Waals surface area contributed by atoms with Crippen molar-refractivity contribution in [3.8, 4) is 5.69 Å². The number of benzene rings is 1. The van der Waals surface area contributed by atoms with Gasteiger partial charge in [-0.25, -0.2) is 4.79 Å². The van der Waals surface area contributed by atoms with Crippen molar-refractivity contribution in [2.45, 2.75) is 19.9 Å². The number of hydrogen-bond donors (Lipinski definition) is 0. The quantitative estimate of drug-likeness (QED) is 0.588. The van der Waals surface area contributed by atoms with Gasteiger partial charge in [0.15, 0.2) is 0 Å². The van der Waals surface area contributed by atoms with Crippen molar-refractivity contribution in [2.75, 3.05) is 0 Å². The molecule has 0 aliphatic rings. The van der Waals surface area contributed by atoms with Crippen LogP contribution in [0.2, 0.25) is 0 Å². The summed E-state index contributed by atoms with van der Waals surface area (Å²) in [4.78, 5) is 21.9. The van der Waals surface area contributed by atoms with E-state index in [1.54, 1.807) is 0 Å². The molecule has 0 amide bonds. The monoisotopic (exact) mass is 249 g/mol. The van der Waals surface area contributed by atoms with E-state index >= 15 is 0 Å². The van der Waals surface area contributed by atoms with E-state index in [0.717, 1.165) is 11.1 Å². The Kier molecular flexibility index (Phi) is 3.18. The third kappa shape index (κ3) is 2.12. The molecule has 0 aliphatic heterocycles. The van der Waals surface area contributed by atoms with Crippen molar-refractivity contribution in [3.63, 3.8) is 0 Å². The number of nitro benzene ring substituents is 1. The first kappa shape index (κ1) is 12.0. The molecule has 0 unspecified atom stereocenters. The zero-order chi connectivity index (χ0) is 13.1.